The molecule has 0 amide bonds. The van der Waals surface area contributed by atoms with Crippen LogP contribution in [0.25, 0.3) is 35.3 Å². The Morgan fingerprint density at radius 3 is 2.37 bits per heavy atom. The van der Waals surface area contributed by atoms with Crippen LogP contribution in [0.3, 0.4) is 0 Å². The molecule has 220 valence electrons. The SMILES string of the molecule is C=c1ccc(-c2nnn(Cc3ccccc3)c2-c2cccc(C)n2)c/c1=C/C(=C\C)N1CC[CH-]CC1.[CH2-]CN(C)C[CH2-].[K+]. The first-order chi connectivity index (χ1) is 20.4. The minimum atomic E-state index is 0. The van der Waals surface area contributed by atoms with E-state index in [1.807, 2.05) is 60.0 Å². The molecule has 1 fully saturated rings. The van der Waals surface area contributed by atoms with Crippen molar-refractivity contribution in [2.45, 2.75) is 33.2 Å². The summed E-state index contributed by atoms with van der Waals surface area (Å²) in [6, 6.07) is 22.7. The molecule has 7 heteroatoms. The predicted octanol–water partition coefficient (Wildman–Crippen LogP) is 2.35. The molecule has 0 spiro atoms. The fraction of sp³-hybridized carbons (Fsp3) is 0.278. The number of rotatable bonds is 8. The zero-order valence-electron chi connectivity index (χ0n) is 26.3. The maximum atomic E-state index is 4.83. The van der Waals surface area contributed by atoms with Gasteiger partial charge in [-0.3, -0.25) is 4.98 Å². The maximum absolute atomic E-state index is 4.83. The Labute approximate surface area is 300 Å². The Balaban J connectivity index is 0.000000658. The number of pyridine rings is 1. The second-order valence-electron chi connectivity index (χ2n) is 10.5. The molecule has 0 unspecified atom stereocenters. The third-order valence-corrected chi connectivity index (χ3v) is 7.39. The number of benzene rings is 2. The number of likely N-dealkylation sites (tertiary alicyclic amines) is 1. The largest absolute Gasteiger partial charge is 1.00 e. The van der Waals surface area contributed by atoms with E-state index in [9.17, 15) is 0 Å². The Kier molecular flexibility index (Phi) is 14.5. The van der Waals surface area contributed by atoms with Gasteiger partial charge in [-0.15, -0.1) is 18.2 Å². The van der Waals surface area contributed by atoms with Crippen LogP contribution in [0.4, 0.5) is 0 Å². The van der Waals surface area contributed by atoms with Crippen molar-refractivity contribution in [1.82, 2.24) is 29.8 Å². The molecule has 2 aromatic carbocycles. The van der Waals surface area contributed by atoms with Crippen molar-refractivity contribution in [3.63, 3.8) is 0 Å². The molecule has 5 rings (SSSR count). The van der Waals surface area contributed by atoms with Gasteiger partial charge in [0.1, 0.15) is 11.4 Å². The van der Waals surface area contributed by atoms with Crippen LogP contribution in [0, 0.1) is 27.2 Å². The third-order valence-electron chi connectivity index (χ3n) is 7.39. The zero-order valence-corrected chi connectivity index (χ0v) is 29.5. The van der Waals surface area contributed by atoms with Crippen LogP contribution in [-0.4, -0.2) is 63.0 Å². The van der Waals surface area contributed by atoms with E-state index >= 15 is 0 Å². The molecule has 6 nitrogen and oxygen atoms in total. The number of aromatic nitrogens is 4. The molecule has 0 aliphatic carbocycles. The smallest absolute Gasteiger partial charge is 0.377 e. The molecule has 43 heavy (non-hydrogen) atoms. The summed E-state index contributed by atoms with van der Waals surface area (Å²) in [6.07, 6.45) is 9.06. The van der Waals surface area contributed by atoms with E-state index in [2.05, 4.69) is 91.5 Å². The molecule has 0 N–H and O–H groups in total. The summed E-state index contributed by atoms with van der Waals surface area (Å²) in [5, 5.41) is 11.3. The molecule has 1 saturated heterocycles. The summed E-state index contributed by atoms with van der Waals surface area (Å²) in [4.78, 5) is 9.30. The van der Waals surface area contributed by atoms with Crippen molar-refractivity contribution in [1.29, 1.82) is 0 Å². The van der Waals surface area contributed by atoms with Gasteiger partial charge >= 0.3 is 51.4 Å². The van der Waals surface area contributed by atoms with Crippen molar-refractivity contribution in [3.05, 3.63) is 120 Å². The van der Waals surface area contributed by atoms with Gasteiger partial charge < -0.3 is 30.1 Å². The number of hydrogen-bond donors (Lipinski definition) is 0. The molecular weight excluding hydrogens is 556 g/mol. The van der Waals surface area contributed by atoms with Crippen LogP contribution in [0.5, 0.6) is 0 Å². The van der Waals surface area contributed by atoms with Crippen LogP contribution < -0.4 is 61.8 Å². The quantitative estimate of drug-likeness (QED) is 0.230. The Morgan fingerprint density at radius 2 is 1.74 bits per heavy atom. The van der Waals surface area contributed by atoms with E-state index < -0.39 is 0 Å². The first-order valence-electron chi connectivity index (χ1n) is 14.7. The van der Waals surface area contributed by atoms with Crippen molar-refractivity contribution in [2.24, 2.45) is 0 Å². The summed E-state index contributed by atoms with van der Waals surface area (Å²) < 4.78 is 1.95. The summed E-state index contributed by atoms with van der Waals surface area (Å²) >= 11 is 0. The van der Waals surface area contributed by atoms with Crippen LogP contribution in [0.1, 0.15) is 31.0 Å². The molecule has 0 bridgehead atoms. The molecule has 4 aromatic rings. The van der Waals surface area contributed by atoms with Crippen LogP contribution >= 0.6 is 0 Å². The molecule has 0 radical (unpaired) electrons. The molecule has 2 aromatic heterocycles. The van der Waals surface area contributed by atoms with Crippen molar-refractivity contribution < 1.29 is 51.4 Å². The first-order valence-corrected chi connectivity index (χ1v) is 14.7. The van der Waals surface area contributed by atoms with Crippen LogP contribution in [0.15, 0.2) is 78.5 Å². The first kappa shape index (κ1) is 35.1. The van der Waals surface area contributed by atoms with Gasteiger partial charge in [0, 0.05) is 17.0 Å². The van der Waals surface area contributed by atoms with Gasteiger partial charge in [-0.2, -0.15) is 12.8 Å². The number of nitrogens with zero attached hydrogens (tertiary/aromatic N) is 6. The molecule has 0 saturated carbocycles. The van der Waals surface area contributed by atoms with Gasteiger partial charge in [0.2, 0.25) is 0 Å². The predicted molar refractivity (Wildman–Crippen MR) is 175 cm³/mol. The zero-order chi connectivity index (χ0) is 29.9. The molecule has 3 heterocycles. The van der Waals surface area contributed by atoms with Crippen LogP contribution in [0.2, 0.25) is 0 Å². The van der Waals surface area contributed by atoms with Gasteiger partial charge in [-0.1, -0.05) is 66.4 Å². The molecule has 1 aliphatic rings. The topological polar surface area (TPSA) is 50.1 Å². The average Bonchev–Trinajstić information content (AvgIpc) is 3.44. The Bertz CT molecular complexity index is 1570. The van der Waals surface area contributed by atoms with Gasteiger partial charge in [0.05, 0.1) is 12.2 Å². The van der Waals surface area contributed by atoms with Gasteiger partial charge in [0.15, 0.2) is 0 Å². The fourth-order valence-electron chi connectivity index (χ4n) is 4.82. The van der Waals surface area contributed by atoms with E-state index in [0.29, 0.717) is 6.54 Å². The number of piperidine rings is 1. The minimum Gasteiger partial charge on any atom is -0.377 e. The number of aryl methyl sites for hydroxylation is 1. The summed E-state index contributed by atoms with van der Waals surface area (Å²) in [5.74, 6) is 0. The van der Waals surface area contributed by atoms with Crippen molar-refractivity contribution in [3.8, 4) is 22.6 Å². The molecular formula is C36H43KN6-2. The normalized spacial score (nSPS) is 13.9. The number of hydrogen-bond acceptors (Lipinski definition) is 5. The molecule has 0 atom stereocenters. The van der Waals surface area contributed by atoms with Crippen molar-refractivity contribution >= 4 is 12.7 Å². The standard InChI is InChI=1S/C31H32N5.C5H11N.K/c1-4-28(35-18-9-6-10-19-35)21-27-20-26(17-16-23(27)2)30-31(29-15-11-12-24(3)32-29)36(34-33-30)22-25-13-7-5-8-14-25;1-4-6(3)5-2;/h4-8,11-17,20-21H,2,9-10,18-19,22H2,1,3H3;1-2,4-5H2,3H3;/q-1;-2;+1/b27-21-,28-4+;;. The summed E-state index contributed by atoms with van der Waals surface area (Å²) in [7, 11) is 1.99. The second kappa shape index (κ2) is 17.8. The monoisotopic (exact) mass is 598 g/mol. The third kappa shape index (κ3) is 9.80. The van der Waals surface area contributed by atoms with Crippen molar-refractivity contribution in [2.75, 3.05) is 33.2 Å². The summed E-state index contributed by atoms with van der Waals surface area (Å²) in [5.41, 5.74) is 6.99. The van der Waals surface area contributed by atoms with E-state index in [1.54, 1.807) is 0 Å². The molecule has 1 aliphatic heterocycles. The van der Waals surface area contributed by atoms with E-state index in [1.165, 1.54) is 11.3 Å². The maximum Gasteiger partial charge on any atom is 1.00 e. The Morgan fingerprint density at radius 1 is 1.02 bits per heavy atom. The van der Waals surface area contributed by atoms with E-state index in [0.717, 1.165) is 77.8 Å². The average molecular weight is 599 g/mol. The van der Waals surface area contributed by atoms with Gasteiger partial charge in [-0.25, -0.2) is 4.68 Å². The number of allylic oxidation sites excluding steroid dienone is 2. The fourth-order valence-corrected chi connectivity index (χ4v) is 4.82. The van der Waals surface area contributed by atoms with Gasteiger partial charge in [-0.05, 0) is 74.3 Å². The van der Waals surface area contributed by atoms with E-state index in [4.69, 9.17) is 4.98 Å². The van der Waals surface area contributed by atoms with Gasteiger partial charge in [0.25, 0.3) is 0 Å². The minimum absolute atomic E-state index is 0. The van der Waals surface area contributed by atoms with E-state index in [-0.39, 0.29) is 51.4 Å². The Hall–Kier alpha value is -2.39. The second-order valence-corrected chi connectivity index (χ2v) is 10.5. The summed E-state index contributed by atoms with van der Waals surface area (Å²) in [6.45, 7) is 20.1. The van der Waals surface area contributed by atoms with Crippen LogP contribution in [-0.2, 0) is 6.54 Å².